The van der Waals surface area contributed by atoms with Crippen LogP contribution in [0, 0.1) is 0 Å². The molecule has 0 aliphatic heterocycles. The van der Waals surface area contributed by atoms with Gasteiger partial charge in [0.25, 0.3) is 5.91 Å². The minimum absolute atomic E-state index is 0.139. The van der Waals surface area contributed by atoms with Gasteiger partial charge in [0.15, 0.2) is 0 Å². The molecule has 196 valence electrons. The molecule has 0 unspecified atom stereocenters. The van der Waals surface area contributed by atoms with Gasteiger partial charge in [-0.05, 0) is 72.9 Å². The number of nitrogens with zero attached hydrogens (tertiary/aromatic N) is 1. The lowest BCUT2D eigenvalue weighted by Gasteiger charge is -2.29. The van der Waals surface area contributed by atoms with Crippen LogP contribution in [-0.2, 0) is 13.0 Å². The number of phenols is 1. The number of nitrogens with one attached hydrogen (secondary N) is 2. The lowest BCUT2D eigenvalue weighted by Crippen LogP contribution is -2.43. The van der Waals surface area contributed by atoms with Crippen LogP contribution in [0.15, 0.2) is 91.1 Å². The Labute approximate surface area is 223 Å². The van der Waals surface area contributed by atoms with E-state index in [1.165, 1.54) is 0 Å². The van der Waals surface area contributed by atoms with Crippen LogP contribution in [0.25, 0.3) is 11.1 Å². The van der Waals surface area contributed by atoms with Crippen molar-refractivity contribution in [3.05, 3.63) is 113 Å². The van der Waals surface area contributed by atoms with Crippen molar-refractivity contribution in [2.75, 3.05) is 12.3 Å². The Morgan fingerprint density at radius 2 is 1.74 bits per heavy atom. The average molecular weight is 511 g/mol. The van der Waals surface area contributed by atoms with E-state index in [0.717, 1.165) is 22.3 Å². The normalized spacial score (nSPS) is 12.2. The predicted octanol–water partition coefficient (Wildman–Crippen LogP) is 4.61. The number of benzene rings is 3. The van der Waals surface area contributed by atoms with E-state index in [1.807, 2.05) is 74.5 Å². The minimum Gasteiger partial charge on any atom is -0.508 e. The van der Waals surface area contributed by atoms with Crippen LogP contribution in [-0.4, -0.2) is 33.2 Å². The maximum absolute atomic E-state index is 13.2. The summed E-state index contributed by atoms with van der Waals surface area (Å²) in [5.41, 5.74) is 10.5. The van der Waals surface area contributed by atoms with Gasteiger partial charge in [-0.2, -0.15) is 0 Å². The number of hydrogen-bond acceptors (Lipinski definition) is 6. The third-order valence-electron chi connectivity index (χ3n) is 6.44. The highest BCUT2D eigenvalue weighted by atomic mass is 16.3. The van der Waals surface area contributed by atoms with Gasteiger partial charge in [0, 0.05) is 36.0 Å². The van der Waals surface area contributed by atoms with Gasteiger partial charge < -0.3 is 26.6 Å². The second kappa shape index (κ2) is 11.9. The first-order valence-electron chi connectivity index (χ1n) is 12.6. The Morgan fingerprint density at radius 1 is 0.974 bits per heavy atom. The number of aromatic nitrogens is 1. The van der Waals surface area contributed by atoms with Gasteiger partial charge in [0.2, 0.25) is 0 Å². The third-order valence-corrected chi connectivity index (χ3v) is 6.44. The van der Waals surface area contributed by atoms with E-state index in [-0.39, 0.29) is 17.2 Å². The number of phenolic OH excluding ortho intramolecular Hbond substituents is 1. The molecule has 0 bridgehead atoms. The van der Waals surface area contributed by atoms with Crippen molar-refractivity contribution in [3.63, 3.8) is 0 Å². The monoisotopic (exact) mass is 510 g/mol. The summed E-state index contributed by atoms with van der Waals surface area (Å²) in [5, 5.41) is 26.6. The van der Waals surface area contributed by atoms with E-state index < -0.39 is 6.10 Å². The first-order chi connectivity index (χ1) is 18.2. The summed E-state index contributed by atoms with van der Waals surface area (Å²) in [5.74, 6) is 0.498. The maximum atomic E-state index is 13.2. The number of aliphatic hydroxyl groups is 1. The maximum Gasteiger partial charge on any atom is 0.251 e. The lowest BCUT2D eigenvalue weighted by atomic mass is 9.91. The van der Waals surface area contributed by atoms with Crippen LogP contribution in [0.1, 0.15) is 47.0 Å². The van der Waals surface area contributed by atoms with Gasteiger partial charge in [0.1, 0.15) is 11.6 Å². The van der Waals surface area contributed by atoms with Crippen molar-refractivity contribution < 1.29 is 15.0 Å². The topological polar surface area (TPSA) is 120 Å². The molecule has 1 aromatic heterocycles. The van der Waals surface area contributed by atoms with Gasteiger partial charge >= 0.3 is 0 Å². The summed E-state index contributed by atoms with van der Waals surface area (Å²) < 4.78 is 0. The lowest BCUT2D eigenvalue weighted by molar-refractivity contribution is 0.0949. The summed E-state index contributed by atoms with van der Waals surface area (Å²) in [6, 6.07) is 26.0. The zero-order chi connectivity index (χ0) is 27.1. The number of nitrogens with two attached hydrogens (primary N) is 1. The van der Waals surface area contributed by atoms with Crippen molar-refractivity contribution >= 4 is 11.7 Å². The van der Waals surface area contributed by atoms with E-state index in [1.54, 1.807) is 30.5 Å². The van der Waals surface area contributed by atoms with E-state index in [2.05, 4.69) is 15.6 Å². The number of nitrogen functional groups attached to an aromatic ring is 1. The molecule has 3 aromatic carbocycles. The molecule has 7 heteroatoms. The first kappa shape index (κ1) is 26.9. The Bertz CT molecular complexity index is 1370. The van der Waals surface area contributed by atoms with Crippen molar-refractivity contribution in [1.29, 1.82) is 0 Å². The highest BCUT2D eigenvalue weighted by Crippen LogP contribution is 2.23. The summed E-state index contributed by atoms with van der Waals surface area (Å²) in [4.78, 5) is 17.2. The molecule has 0 radical (unpaired) electrons. The number of amides is 1. The molecule has 0 aliphatic carbocycles. The van der Waals surface area contributed by atoms with Gasteiger partial charge in [-0.15, -0.1) is 0 Å². The van der Waals surface area contributed by atoms with E-state index in [4.69, 9.17) is 5.73 Å². The molecule has 4 aromatic rings. The quantitative estimate of drug-likeness (QED) is 0.212. The van der Waals surface area contributed by atoms with Crippen molar-refractivity contribution in [2.24, 2.45) is 0 Å². The van der Waals surface area contributed by atoms with Crippen LogP contribution < -0.4 is 16.4 Å². The number of carbonyl (C=O) groups excluding carboxylic acids is 1. The van der Waals surface area contributed by atoms with Crippen LogP contribution >= 0.6 is 0 Å². The number of hydrogen-bond donors (Lipinski definition) is 5. The molecule has 6 N–H and O–H groups in total. The van der Waals surface area contributed by atoms with Crippen molar-refractivity contribution in [3.8, 4) is 16.9 Å². The fraction of sp³-hybridized carbons (Fsp3) is 0.226. The minimum atomic E-state index is -0.724. The molecule has 0 saturated heterocycles. The Hall–Kier alpha value is -4.20. The standard InChI is InChI=1S/C31H34N4O3/c1-31(2,35-20-28(37)25-12-15-29(32)33-19-25)17-24-7-3-4-9-27(24)30(38)34-18-21-6-5-8-23(16-21)22-10-13-26(36)14-11-22/h3-16,19,28,35-37H,17-18,20H2,1-2H3,(H2,32,33)(H,34,38)/t28-/m0/s1. The molecule has 1 heterocycles. The highest BCUT2D eigenvalue weighted by Gasteiger charge is 2.23. The number of rotatable bonds is 10. The van der Waals surface area contributed by atoms with Crippen molar-refractivity contribution in [1.82, 2.24) is 15.6 Å². The fourth-order valence-corrected chi connectivity index (χ4v) is 4.33. The molecular weight excluding hydrogens is 476 g/mol. The number of aromatic hydroxyl groups is 1. The Kier molecular flexibility index (Phi) is 8.41. The largest absolute Gasteiger partial charge is 0.508 e. The average Bonchev–Trinajstić information content (AvgIpc) is 2.91. The molecule has 1 atom stereocenters. The van der Waals surface area contributed by atoms with E-state index >= 15 is 0 Å². The first-order valence-corrected chi connectivity index (χ1v) is 12.6. The molecule has 0 spiro atoms. The van der Waals surface area contributed by atoms with Crippen LogP contribution in [0.3, 0.4) is 0 Å². The molecule has 0 aliphatic rings. The highest BCUT2D eigenvalue weighted by molar-refractivity contribution is 5.95. The predicted molar refractivity (Wildman–Crippen MR) is 151 cm³/mol. The van der Waals surface area contributed by atoms with Gasteiger partial charge in [-0.3, -0.25) is 4.79 Å². The molecule has 7 nitrogen and oxygen atoms in total. The summed E-state index contributed by atoms with van der Waals surface area (Å²) in [7, 11) is 0. The zero-order valence-electron chi connectivity index (χ0n) is 21.7. The summed E-state index contributed by atoms with van der Waals surface area (Å²) >= 11 is 0. The van der Waals surface area contributed by atoms with Crippen LogP contribution in [0.4, 0.5) is 5.82 Å². The number of carbonyl (C=O) groups is 1. The Morgan fingerprint density at radius 3 is 2.47 bits per heavy atom. The van der Waals surface area contributed by atoms with E-state index in [9.17, 15) is 15.0 Å². The molecule has 0 fully saturated rings. The van der Waals surface area contributed by atoms with E-state index in [0.29, 0.717) is 36.5 Å². The molecule has 4 rings (SSSR count). The third kappa shape index (κ3) is 7.18. The summed E-state index contributed by atoms with van der Waals surface area (Å²) in [6.45, 7) is 4.82. The molecule has 1 amide bonds. The fourth-order valence-electron chi connectivity index (χ4n) is 4.33. The summed E-state index contributed by atoms with van der Waals surface area (Å²) in [6.07, 6.45) is 1.45. The molecule has 0 saturated carbocycles. The number of aliphatic hydroxyl groups excluding tert-OH is 1. The molecule has 38 heavy (non-hydrogen) atoms. The second-order valence-corrected chi connectivity index (χ2v) is 10.1. The SMILES string of the molecule is CC(C)(Cc1ccccc1C(=O)NCc1cccc(-c2ccc(O)cc2)c1)NC[C@H](O)c1ccc(N)nc1. The second-order valence-electron chi connectivity index (χ2n) is 10.1. The van der Waals surface area contributed by atoms with Gasteiger partial charge in [-0.25, -0.2) is 4.98 Å². The van der Waals surface area contributed by atoms with Gasteiger partial charge in [-0.1, -0.05) is 54.6 Å². The van der Waals surface area contributed by atoms with Crippen LogP contribution in [0.5, 0.6) is 5.75 Å². The smallest absolute Gasteiger partial charge is 0.251 e. The zero-order valence-corrected chi connectivity index (χ0v) is 21.7. The number of β-amino-alcohol motifs (C(OH)–C–C–N with tert-alkyl or cyclic N) is 1. The molecular formula is C31H34N4O3. The van der Waals surface area contributed by atoms with Gasteiger partial charge in [0.05, 0.1) is 6.10 Å². The van der Waals surface area contributed by atoms with Crippen LogP contribution in [0.2, 0.25) is 0 Å². The Balaban J connectivity index is 1.38. The number of pyridine rings is 1. The number of anilines is 1. The van der Waals surface area contributed by atoms with Crippen molar-refractivity contribution in [2.45, 2.75) is 38.5 Å².